The summed E-state index contributed by atoms with van der Waals surface area (Å²) in [5, 5.41) is 0. The average molecular weight is 318 g/mol. The lowest BCUT2D eigenvalue weighted by Crippen LogP contribution is -2.45. The molecule has 0 radical (unpaired) electrons. The predicted molar refractivity (Wildman–Crippen MR) is 82.4 cm³/mol. The van der Waals surface area contributed by atoms with Crippen LogP contribution < -0.4 is 0 Å². The first-order valence-electron chi connectivity index (χ1n) is 7.34. The molecule has 0 bridgehead atoms. The van der Waals surface area contributed by atoms with Crippen LogP contribution in [0.4, 0.5) is 0 Å². The van der Waals surface area contributed by atoms with Gasteiger partial charge in [-0.25, -0.2) is 0 Å². The third kappa shape index (κ3) is 3.67. The van der Waals surface area contributed by atoms with E-state index in [4.69, 9.17) is 9.47 Å². The van der Waals surface area contributed by atoms with Crippen LogP contribution in [0.25, 0.3) is 0 Å². The van der Waals surface area contributed by atoms with Crippen LogP contribution in [0.2, 0.25) is 0 Å². The van der Waals surface area contributed by atoms with E-state index in [0.717, 1.165) is 5.57 Å². The van der Waals surface area contributed by atoms with Gasteiger partial charge in [0.2, 0.25) is 0 Å². The molecule has 0 saturated carbocycles. The summed E-state index contributed by atoms with van der Waals surface area (Å²) in [6, 6.07) is 0. The van der Waals surface area contributed by atoms with Gasteiger partial charge in [0.15, 0.2) is 6.29 Å². The van der Waals surface area contributed by atoms with Crippen LogP contribution in [-0.4, -0.2) is 30.6 Å². The predicted octanol–water partition coefficient (Wildman–Crippen LogP) is 3.29. The molecule has 1 rings (SSSR count). The number of hydrogen-bond donors (Lipinski definition) is 1. The normalized spacial score (nSPS) is 27.8. The van der Waals surface area contributed by atoms with Crippen LogP contribution in [-0.2, 0) is 19.6 Å². The number of ether oxygens (including phenoxy) is 2. The van der Waals surface area contributed by atoms with Crippen molar-refractivity contribution in [3.63, 3.8) is 0 Å². The van der Waals surface area contributed by atoms with Gasteiger partial charge in [-0.15, -0.1) is 0 Å². The maximum atomic E-state index is 12.0. The van der Waals surface area contributed by atoms with E-state index in [1.807, 2.05) is 20.8 Å². The monoisotopic (exact) mass is 318 g/mol. The van der Waals surface area contributed by atoms with Gasteiger partial charge >= 0.3 is 0 Å². The second kappa shape index (κ2) is 6.94. The quantitative estimate of drug-likeness (QED) is 0.576. The molecule has 0 spiro atoms. The molecule has 0 aromatic heterocycles. The molecule has 1 aliphatic rings. The maximum Gasteiger partial charge on any atom is 0.275 e. The number of rotatable bonds is 7. The van der Waals surface area contributed by atoms with Crippen LogP contribution in [0.1, 0.15) is 47.5 Å². The van der Waals surface area contributed by atoms with Crippen molar-refractivity contribution in [2.75, 3.05) is 6.61 Å². The zero-order chi connectivity index (χ0) is 16.3. The molecular formula is C15H26O5S. The van der Waals surface area contributed by atoms with Gasteiger partial charge in [0.1, 0.15) is 10.5 Å². The van der Waals surface area contributed by atoms with Crippen molar-refractivity contribution in [2.24, 2.45) is 5.92 Å². The largest absolute Gasteiger partial charge is 0.469 e. The second-order valence-corrected chi connectivity index (χ2v) is 7.13. The molecule has 5 nitrogen and oxygen atoms in total. The van der Waals surface area contributed by atoms with E-state index >= 15 is 0 Å². The van der Waals surface area contributed by atoms with Crippen LogP contribution in [0, 0.1) is 5.92 Å². The van der Waals surface area contributed by atoms with Gasteiger partial charge in [-0.3, -0.25) is 4.55 Å². The first-order valence-corrected chi connectivity index (χ1v) is 8.78. The van der Waals surface area contributed by atoms with E-state index in [9.17, 15) is 13.0 Å². The molecule has 0 heterocycles. The van der Waals surface area contributed by atoms with Crippen LogP contribution in [0.5, 0.6) is 0 Å². The van der Waals surface area contributed by atoms with Crippen molar-refractivity contribution in [3.8, 4) is 0 Å². The van der Waals surface area contributed by atoms with E-state index < -0.39 is 27.1 Å². The Morgan fingerprint density at radius 1 is 1.43 bits per heavy atom. The molecule has 0 fully saturated rings. The van der Waals surface area contributed by atoms with E-state index in [-0.39, 0.29) is 0 Å². The Balaban J connectivity index is 3.19. The summed E-state index contributed by atoms with van der Waals surface area (Å²) in [6.07, 6.45) is 3.81. The van der Waals surface area contributed by atoms with E-state index in [1.54, 1.807) is 26.0 Å². The van der Waals surface area contributed by atoms with Crippen molar-refractivity contribution in [3.05, 3.63) is 23.5 Å². The summed E-state index contributed by atoms with van der Waals surface area (Å²) in [7, 11) is -4.25. The third-order valence-electron chi connectivity index (χ3n) is 3.95. The average Bonchev–Trinajstić information content (AvgIpc) is 2.37. The molecular weight excluding hydrogens is 292 g/mol. The van der Waals surface area contributed by atoms with Gasteiger partial charge < -0.3 is 9.47 Å². The molecule has 21 heavy (non-hydrogen) atoms. The number of allylic oxidation sites excluding steroid dienone is 3. The zero-order valence-corrected chi connectivity index (χ0v) is 14.2. The van der Waals surface area contributed by atoms with E-state index in [2.05, 4.69) is 0 Å². The first-order chi connectivity index (χ1) is 9.69. The molecule has 6 heteroatoms. The van der Waals surface area contributed by atoms with E-state index in [1.165, 1.54) is 0 Å². The molecule has 122 valence electrons. The highest BCUT2D eigenvalue weighted by Gasteiger charge is 2.49. The summed E-state index contributed by atoms with van der Waals surface area (Å²) < 4.78 is 43.5. The minimum atomic E-state index is -4.25. The molecule has 1 N–H and O–H groups in total. The molecule has 1 aliphatic carbocycles. The zero-order valence-electron chi connectivity index (χ0n) is 13.4. The van der Waals surface area contributed by atoms with Gasteiger partial charge in [-0.05, 0) is 32.8 Å². The summed E-state index contributed by atoms with van der Waals surface area (Å²) in [6.45, 7) is 9.66. The SMILES string of the molecule is CCCC1(S(=O)(=O)O)C=CC(C)=C(OC(C)OCC)C1C. The molecule has 0 amide bonds. The fourth-order valence-electron chi connectivity index (χ4n) is 2.83. The van der Waals surface area contributed by atoms with Crippen molar-refractivity contribution in [2.45, 2.75) is 58.5 Å². The third-order valence-corrected chi connectivity index (χ3v) is 5.60. The summed E-state index contributed by atoms with van der Waals surface area (Å²) in [5.74, 6) is 0.0879. The van der Waals surface area contributed by atoms with Gasteiger partial charge in [-0.2, -0.15) is 8.42 Å². The van der Waals surface area contributed by atoms with Gasteiger partial charge in [0.25, 0.3) is 10.1 Å². The summed E-state index contributed by atoms with van der Waals surface area (Å²) in [4.78, 5) is 0. The Morgan fingerprint density at radius 2 is 2.05 bits per heavy atom. The molecule has 3 atom stereocenters. The maximum absolute atomic E-state index is 12.0. The second-order valence-electron chi connectivity index (χ2n) is 5.42. The number of hydrogen-bond acceptors (Lipinski definition) is 4. The minimum absolute atomic E-state index is 0.340. The highest BCUT2D eigenvalue weighted by atomic mass is 32.2. The van der Waals surface area contributed by atoms with E-state index in [0.29, 0.717) is 25.2 Å². The lowest BCUT2D eigenvalue weighted by molar-refractivity contribution is -0.107. The first kappa shape index (κ1) is 18.2. The van der Waals surface area contributed by atoms with Crippen LogP contribution in [0.3, 0.4) is 0 Å². The van der Waals surface area contributed by atoms with Gasteiger partial charge in [0, 0.05) is 12.5 Å². The van der Waals surface area contributed by atoms with Crippen LogP contribution in [0.15, 0.2) is 23.5 Å². The highest BCUT2D eigenvalue weighted by molar-refractivity contribution is 7.87. The molecule has 0 aliphatic heterocycles. The standard InChI is InChI=1S/C15H26O5S/c1-6-9-15(21(16,17)18)10-8-11(3)14(12(15)4)20-13(5)19-7-2/h8,10,12-13H,6-7,9H2,1-5H3,(H,16,17,18). The summed E-state index contributed by atoms with van der Waals surface area (Å²) >= 11 is 0. The molecule has 3 unspecified atom stereocenters. The Kier molecular flexibility index (Phi) is 6.01. The Morgan fingerprint density at radius 3 is 2.52 bits per heavy atom. The molecule has 0 saturated heterocycles. The Hall–Kier alpha value is -0.850. The lowest BCUT2D eigenvalue weighted by atomic mass is 9.82. The molecule has 0 aromatic rings. The van der Waals surface area contributed by atoms with Crippen molar-refractivity contribution in [1.29, 1.82) is 0 Å². The lowest BCUT2D eigenvalue weighted by Gasteiger charge is -2.38. The molecule has 0 aromatic carbocycles. The minimum Gasteiger partial charge on any atom is -0.469 e. The Labute approximate surface area is 127 Å². The van der Waals surface area contributed by atoms with Crippen molar-refractivity contribution >= 4 is 10.1 Å². The van der Waals surface area contributed by atoms with Gasteiger partial charge in [0.05, 0.1) is 0 Å². The van der Waals surface area contributed by atoms with Crippen molar-refractivity contribution in [1.82, 2.24) is 0 Å². The van der Waals surface area contributed by atoms with Crippen molar-refractivity contribution < 1.29 is 22.4 Å². The Bertz CT molecular complexity index is 520. The van der Waals surface area contributed by atoms with Crippen LogP contribution >= 0.6 is 0 Å². The highest BCUT2D eigenvalue weighted by Crippen LogP contribution is 2.42. The fourth-order valence-corrected chi connectivity index (χ4v) is 4.08. The smallest absolute Gasteiger partial charge is 0.275 e. The van der Waals surface area contributed by atoms with Gasteiger partial charge in [-0.1, -0.05) is 32.4 Å². The summed E-state index contributed by atoms with van der Waals surface area (Å²) in [5.41, 5.74) is 0.851. The topological polar surface area (TPSA) is 72.8 Å². The fraction of sp³-hybridized carbons (Fsp3) is 0.733.